The third kappa shape index (κ3) is 1.97. The number of aliphatic hydroxyl groups excluding tert-OH is 2. The van der Waals surface area contributed by atoms with Gasteiger partial charge < -0.3 is 14.9 Å². The van der Waals surface area contributed by atoms with Crippen molar-refractivity contribution in [2.45, 2.75) is 31.8 Å². The molecule has 0 radical (unpaired) electrons. The van der Waals surface area contributed by atoms with Crippen molar-refractivity contribution in [3.8, 4) is 0 Å². The smallest absolute Gasteiger partial charge is 0.217 e. The van der Waals surface area contributed by atoms with Crippen molar-refractivity contribution in [1.82, 2.24) is 14.8 Å². The number of ketones is 1. The Balaban J connectivity index is 2.11. The molecule has 2 heterocycles. The third-order valence-electron chi connectivity index (χ3n) is 2.50. The molecule has 7 heteroatoms. The summed E-state index contributed by atoms with van der Waals surface area (Å²) in [5, 5.41) is 22.4. The Bertz CT molecular complexity index is 392. The van der Waals surface area contributed by atoms with Crippen LogP contribution in [0.4, 0.5) is 0 Å². The lowest BCUT2D eigenvalue weighted by Gasteiger charge is -2.11. The Morgan fingerprint density at radius 1 is 1.75 bits per heavy atom. The van der Waals surface area contributed by atoms with Gasteiger partial charge in [0.2, 0.25) is 5.82 Å². The van der Waals surface area contributed by atoms with Crippen LogP contribution in [0.1, 0.15) is 30.2 Å². The van der Waals surface area contributed by atoms with Gasteiger partial charge in [0.1, 0.15) is 12.4 Å². The van der Waals surface area contributed by atoms with Crippen molar-refractivity contribution in [3.63, 3.8) is 0 Å². The van der Waals surface area contributed by atoms with E-state index in [1.54, 1.807) is 0 Å². The highest BCUT2D eigenvalue weighted by Gasteiger charge is 2.35. The minimum Gasteiger partial charge on any atom is -0.394 e. The van der Waals surface area contributed by atoms with E-state index in [2.05, 4.69) is 10.1 Å². The summed E-state index contributed by atoms with van der Waals surface area (Å²) < 4.78 is 6.74. The molecule has 0 unspecified atom stereocenters. The van der Waals surface area contributed by atoms with E-state index in [1.165, 1.54) is 17.9 Å². The lowest BCUT2D eigenvalue weighted by Crippen LogP contribution is -2.24. The molecule has 0 bridgehead atoms. The number of carbonyl (C=O) groups excluding carboxylic acids is 1. The first-order valence-electron chi connectivity index (χ1n) is 4.98. The molecule has 1 fully saturated rings. The summed E-state index contributed by atoms with van der Waals surface area (Å²) in [4.78, 5) is 14.8. The Hall–Kier alpha value is -1.31. The van der Waals surface area contributed by atoms with Crippen LogP contribution in [0.15, 0.2) is 6.33 Å². The molecule has 2 N–H and O–H groups in total. The van der Waals surface area contributed by atoms with Crippen LogP contribution >= 0.6 is 0 Å². The van der Waals surface area contributed by atoms with Crippen LogP contribution in [-0.2, 0) is 4.74 Å². The Morgan fingerprint density at radius 2 is 2.50 bits per heavy atom. The molecule has 2 rings (SSSR count). The summed E-state index contributed by atoms with van der Waals surface area (Å²) in [6.07, 6.45) is -0.0949. The van der Waals surface area contributed by atoms with Crippen LogP contribution in [0.2, 0.25) is 0 Å². The number of aromatic nitrogens is 3. The van der Waals surface area contributed by atoms with Crippen molar-refractivity contribution in [2.24, 2.45) is 0 Å². The van der Waals surface area contributed by atoms with Crippen LogP contribution in [0, 0.1) is 0 Å². The van der Waals surface area contributed by atoms with Gasteiger partial charge in [-0.05, 0) is 0 Å². The van der Waals surface area contributed by atoms with Crippen LogP contribution in [0.5, 0.6) is 0 Å². The van der Waals surface area contributed by atoms with E-state index in [-0.39, 0.29) is 18.2 Å². The average Bonchev–Trinajstić information content (AvgIpc) is 2.83. The Kier molecular flexibility index (Phi) is 2.99. The lowest BCUT2D eigenvalue weighted by atomic mass is 10.2. The quantitative estimate of drug-likeness (QED) is 0.651. The summed E-state index contributed by atoms with van der Waals surface area (Å²) >= 11 is 0. The summed E-state index contributed by atoms with van der Waals surface area (Å²) in [7, 11) is 0. The second kappa shape index (κ2) is 4.28. The van der Waals surface area contributed by atoms with Gasteiger partial charge in [0.15, 0.2) is 12.0 Å². The number of ether oxygens (including phenoxy) is 1. The fraction of sp³-hybridized carbons (Fsp3) is 0.667. The third-order valence-corrected chi connectivity index (χ3v) is 2.50. The van der Waals surface area contributed by atoms with E-state index in [0.717, 1.165) is 0 Å². The van der Waals surface area contributed by atoms with Gasteiger partial charge in [-0.3, -0.25) is 4.79 Å². The maximum atomic E-state index is 11.0. The predicted molar refractivity (Wildman–Crippen MR) is 51.6 cm³/mol. The van der Waals surface area contributed by atoms with E-state index in [0.29, 0.717) is 6.42 Å². The lowest BCUT2D eigenvalue weighted by molar-refractivity contribution is -0.0485. The zero-order valence-electron chi connectivity index (χ0n) is 8.78. The van der Waals surface area contributed by atoms with Gasteiger partial charge in [-0.15, -0.1) is 5.10 Å². The molecule has 0 aliphatic carbocycles. The second-order valence-electron chi connectivity index (χ2n) is 3.72. The van der Waals surface area contributed by atoms with Crippen molar-refractivity contribution in [3.05, 3.63) is 12.2 Å². The monoisotopic (exact) mass is 227 g/mol. The first kappa shape index (κ1) is 11.2. The molecular weight excluding hydrogens is 214 g/mol. The van der Waals surface area contributed by atoms with E-state index in [4.69, 9.17) is 9.84 Å². The molecule has 3 atom stereocenters. The van der Waals surface area contributed by atoms with Gasteiger partial charge in [0.25, 0.3) is 0 Å². The number of hydrogen-bond acceptors (Lipinski definition) is 6. The minimum atomic E-state index is -0.722. The van der Waals surface area contributed by atoms with Gasteiger partial charge in [-0.25, -0.2) is 9.67 Å². The minimum absolute atomic E-state index is 0.116. The zero-order chi connectivity index (χ0) is 11.7. The number of nitrogens with zero attached hydrogens (tertiary/aromatic N) is 3. The first-order chi connectivity index (χ1) is 7.61. The van der Waals surface area contributed by atoms with Crippen LogP contribution in [0.25, 0.3) is 0 Å². The van der Waals surface area contributed by atoms with E-state index in [9.17, 15) is 9.90 Å². The number of hydrogen-bond donors (Lipinski definition) is 2. The van der Waals surface area contributed by atoms with E-state index >= 15 is 0 Å². The highest BCUT2D eigenvalue weighted by Crippen LogP contribution is 2.27. The van der Waals surface area contributed by atoms with Gasteiger partial charge >= 0.3 is 0 Å². The van der Waals surface area contributed by atoms with Crippen molar-refractivity contribution < 1.29 is 19.7 Å². The van der Waals surface area contributed by atoms with Crippen molar-refractivity contribution in [1.29, 1.82) is 0 Å². The van der Waals surface area contributed by atoms with Crippen molar-refractivity contribution in [2.75, 3.05) is 6.61 Å². The summed E-state index contributed by atoms with van der Waals surface area (Å²) in [6, 6.07) is 0. The molecule has 0 saturated carbocycles. The molecule has 0 amide bonds. The normalized spacial score (nSPS) is 29.6. The van der Waals surface area contributed by atoms with Gasteiger partial charge in [0.05, 0.1) is 12.7 Å². The van der Waals surface area contributed by atoms with E-state index in [1.807, 2.05) is 0 Å². The number of rotatable bonds is 3. The molecule has 16 heavy (non-hydrogen) atoms. The number of carbonyl (C=O) groups is 1. The average molecular weight is 227 g/mol. The molecule has 1 saturated heterocycles. The van der Waals surface area contributed by atoms with Gasteiger partial charge in [0, 0.05) is 13.3 Å². The molecule has 88 valence electrons. The molecular formula is C9H13N3O4. The van der Waals surface area contributed by atoms with Crippen LogP contribution < -0.4 is 0 Å². The summed E-state index contributed by atoms with van der Waals surface area (Å²) in [6.45, 7) is 1.13. The second-order valence-corrected chi connectivity index (χ2v) is 3.72. The molecule has 1 aliphatic heterocycles. The molecule has 1 aliphatic rings. The SMILES string of the molecule is CC(=O)c1ncn([C@H]2C[C@H](O)[C@@H](CO)O2)n1. The van der Waals surface area contributed by atoms with Gasteiger partial charge in [-0.2, -0.15) is 0 Å². The molecule has 7 nitrogen and oxygen atoms in total. The molecule has 0 spiro atoms. The molecule has 0 aromatic carbocycles. The number of Topliss-reactive ketones (excluding diaryl/α,β-unsaturated/α-hetero) is 1. The number of aliphatic hydroxyl groups is 2. The van der Waals surface area contributed by atoms with Gasteiger partial charge in [-0.1, -0.05) is 0 Å². The summed E-state index contributed by atoms with van der Waals surface area (Å²) in [5.74, 6) is -0.110. The van der Waals surface area contributed by atoms with Crippen molar-refractivity contribution >= 4 is 5.78 Å². The highest BCUT2D eigenvalue weighted by molar-refractivity contribution is 5.89. The highest BCUT2D eigenvalue weighted by atomic mass is 16.5. The Labute approximate surface area is 91.7 Å². The Morgan fingerprint density at radius 3 is 3.00 bits per heavy atom. The fourth-order valence-corrected chi connectivity index (χ4v) is 1.62. The van der Waals surface area contributed by atoms with Crippen LogP contribution in [0.3, 0.4) is 0 Å². The zero-order valence-corrected chi connectivity index (χ0v) is 8.78. The van der Waals surface area contributed by atoms with E-state index < -0.39 is 18.4 Å². The molecule has 1 aromatic rings. The standard InChI is InChI=1S/C9H13N3O4/c1-5(14)9-10-4-12(11-9)8-2-6(15)7(3-13)16-8/h4,6-8,13,15H,2-3H2,1H3/t6-,7+,8+/m0/s1. The fourth-order valence-electron chi connectivity index (χ4n) is 1.62. The maximum Gasteiger partial charge on any atom is 0.217 e. The van der Waals surface area contributed by atoms with Crippen LogP contribution in [-0.4, -0.2) is 49.6 Å². The largest absolute Gasteiger partial charge is 0.394 e. The first-order valence-corrected chi connectivity index (χ1v) is 4.98. The predicted octanol–water partition coefficient (Wildman–Crippen LogP) is -0.879. The maximum absolute atomic E-state index is 11.0. The molecule has 1 aromatic heterocycles. The topological polar surface area (TPSA) is 97.5 Å². The summed E-state index contributed by atoms with van der Waals surface area (Å²) in [5.41, 5.74) is 0.